The topological polar surface area (TPSA) is 72.7 Å². The van der Waals surface area contributed by atoms with Crippen molar-refractivity contribution in [1.29, 1.82) is 0 Å². The second-order valence-electron chi connectivity index (χ2n) is 4.52. The van der Waals surface area contributed by atoms with Crippen LogP contribution in [0.15, 0.2) is 24.5 Å². The Balaban J connectivity index is 1.98. The summed E-state index contributed by atoms with van der Waals surface area (Å²) in [7, 11) is 0. The van der Waals surface area contributed by atoms with E-state index in [-0.39, 0.29) is 11.8 Å². The van der Waals surface area contributed by atoms with Crippen LogP contribution in [-0.4, -0.2) is 25.7 Å². The van der Waals surface area contributed by atoms with Gasteiger partial charge >= 0.3 is 0 Å². The molecule has 19 heavy (non-hydrogen) atoms. The van der Waals surface area contributed by atoms with Crippen LogP contribution in [0.25, 0.3) is 0 Å². The summed E-state index contributed by atoms with van der Waals surface area (Å²) in [4.78, 5) is 20.2. The molecule has 2 rings (SSSR count). The Labute approximate surface area is 111 Å². The maximum Gasteiger partial charge on any atom is 0.229 e. The molecule has 0 fully saturated rings. The molecule has 100 valence electrons. The molecule has 0 aliphatic heterocycles. The molecule has 1 amide bonds. The second-order valence-corrected chi connectivity index (χ2v) is 4.52. The average molecular weight is 259 g/mol. The Bertz CT molecular complexity index is 564. The number of carbonyl (C=O) groups excluding carboxylic acids is 1. The number of hydrogen-bond acceptors (Lipinski definition) is 4. The Kier molecular flexibility index (Phi) is 3.89. The monoisotopic (exact) mass is 259 g/mol. The van der Waals surface area contributed by atoms with Crippen LogP contribution < -0.4 is 5.32 Å². The summed E-state index contributed by atoms with van der Waals surface area (Å²) >= 11 is 0. The SMILES string of the molecule is Cc1nc(C)n(C[C@H](C)C(=O)Nc2cccnc2)n1. The van der Waals surface area contributed by atoms with Crippen molar-refractivity contribution in [2.75, 3.05) is 5.32 Å². The minimum atomic E-state index is -0.194. The lowest BCUT2D eigenvalue weighted by molar-refractivity contribution is -0.119. The highest BCUT2D eigenvalue weighted by Gasteiger charge is 2.15. The largest absolute Gasteiger partial charge is 0.324 e. The second kappa shape index (κ2) is 5.60. The molecule has 2 aromatic heterocycles. The summed E-state index contributed by atoms with van der Waals surface area (Å²) < 4.78 is 1.75. The van der Waals surface area contributed by atoms with Gasteiger partial charge in [-0.3, -0.25) is 9.78 Å². The summed E-state index contributed by atoms with van der Waals surface area (Å²) in [6.45, 7) is 6.09. The zero-order chi connectivity index (χ0) is 13.8. The van der Waals surface area contributed by atoms with E-state index in [4.69, 9.17) is 0 Å². The molecule has 1 atom stereocenters. The maximum absolute atomic E-state index is 12.0. The zero-order valence-corrected chi connectivity index (χ0v) is 11.3. The minimum absolute atomic E-state index is 0.0550. The summed E-state index contributed by atoms with van der Waals surface area (Å²) in [5.74, 6) is 1.29. The lowest BCUT2D eigenvalue weighted by Gasteiger charge is -2.12. The molecule has 0 aliphatic rings. The first-order valence-electron chi connectivity index (χ1n) is 6.15. The Hall–Kier alpha value is -2.24. The van der Waals surface area contributed by atoms with Crippen LogP contribution in [0.5, 0.6) is 0 Å². The molecule has 0 radical (unpaired) electrons. The fraction of sp³-hybridized carbons (Fsp3) is 0.385. The van der Waals surface area contributed by atoms with Gasteiger partial charge in [0.05, 0.1) is 24.3 Å². The number of pyridine rings is 1. The van der Waals surface area contributed by atoms with E-state index in [0.29, 0.717) is 12.2 Å². The fourth-order valence-electron chi connectivity index (χ4n) is 1.78. The number of hydrogen-bond donors (Lipinski definition) is 1. The van der Waals surface area contributed by atoms with Crippen LogP contribution in [0.4, 0.5) is 5.69 Å². The van der Waals surface area contributed by atoms with Crippen LogP contribution >= 0.6 is 0 Å². The highest BCUT2D eigenvalue weighted by molar-refractivity contribution is 5.92. The Morgan fingerprint density at radius 2 is 2.26 bits per heavy atom. The molecule has 0 aliphatic carbocycles. The maximum atomic E-state index is 12.0. The molecule has 0 spiro atoms. The molecule has 0 bridgehead atoms. The number of aromatic nitrogens is 4. The number of nitrogens with one attached hydrogen (secondary N) is 1. The van der Waals surface area contributed by atoms with E-state index in [1.54, 1.807) is 23.1 Å². The average Bonchev–Trinajstić information content (AvgIpc) is 2.69. The van der Waals surface area contributed by atoms with Gasteiger partial charge in [0.2, 0.25) is 5.91 Å². The van der Waals surface area contributed by atoms with Gasteiger partial charge in [0.25, 0.3) is 0 Å². The van der Waals surface area contributed by atoms with E-state index < -0.39 is 0 Å². The fourth-order valence-corrected chi connectivity index (χ4v) is 1.78. The molecule has 6 nitrogen and oxygen atoms in total. The first-order valence-corrected chi connectivity index (χ1v) is 6.15. The van der Waals surface area contributed by atoms with E-state index in [2.05, 4.69) is 20.4 Å². The highest BCUT2D eigenvalue weighted by atomic mass is 16.1. The van der Waals surface area contributed by atoms with Crippen molar-refractivity contribution in [1.82, 2.24) is 19.7 Å². The Morgan fingerprint density at radius 1 is 1.47 bits per heavy atom. The molecule has 2 heterocycles. The quantitative estimate of drug-likeness (QED) is 0.904. The molecular weight excluding hydrogens is 242 g/mol. The molecule has 6 heteroatoms. The van der Waals surface area contributed by atoms with Crippen molar-refractivity contribution < 1.29 is 4.79 Å². The van der Waals surface area contributed by atoms with Crippen LogP contribution in [0, 0.1) is 19.8 Å². The molecule has 0 saturated carbocycles. The third-order valence-corrected chi connectivity index (χ3v) is 2.79. The molecule has 2 aromatic rings. The molecule has 0 unspecified atom stereocenters. The van der Waals surface area contributed by atoms with Crippen LogP contribution in [-0.2, 0) is 11.3 Å². The molecule has 0 aromatic carbocycles. The Morgan fingerprint density at radius 3 is 2.84 bits per heavy atom. The number of nitrogens with zero attached hydrogens (tertiary/aromatic N) is 4. The first-order chi connectivity index (χ1) is 9.06. The van der Waals surface area contributed by atoms with Gasteiger partial charge < -0.3 is 5.32 Å². The van der Waals surface area contributed by atoms with E-state index in [9.17, 15) is 4.79 Å². The summed E-state index contributed by atoms with van der Waals surface area (Å²) in [5.41, 5.74) is 0.700. The van der Waals surface area contributed by atoms with Gasteiger partial charge in [-0.25, -0.2) is 9.67 Å². The van der Waals surface area contributed by atoms with Gasteiger partial charge in [-0.2, -0.15) is 5.10 Å². The van der Waals surface area contributed by atoms with Crippen molar-refractivity contribution >= 4 is 11.6 Å². The summed E-state index contributed by atoms with van der Waals surface area (Å²) in [6, 6.07) is 3.59. The summed E-state index contributed by atoms with van der Waals surface area (Å²) in [5, 5.41) is 7.08. The third-order valence-electron chi connectivity index (χ3n) is 2.79. The lowest BCUT2D eigenvalue weighted by Crippen LogP contribution is -2.25. The van der Waals surface area contributed by atoms with E-state index in [1.807, 2.05) is 26.8 Å². The van der Waals surface area contributed by atoms with Gasteiger partial charge in [-0.1, -0.05) is 6.92 Å². The van der Waals surface area contributed by atoms with Gasteiger partial charge in [0.1, 0.15) is 11.6 Å². The van der Waals surface area contributed by atoms with Crippen LogP contribution in [0.2, 0.25) is 0 Å². The van der Waals surface area contributed by atoms with Crippen molar-refractivity contribution in [3.63, 3.8) is 0 Å². The van der Waals surface area contributed by atoms with Crippen molar-refractivity contribution in [3.8, 4) is 0 Å². The highest BCUT2D eigenvalue weighted by Crippen LogP contribution is 2.08. The molecule has 0 saturated heterocycles. The standard InChI is InChI=1S/C13H17N5O/c1-9(8-18-11(3)15-10(2)17-18)13(19)16-12-5-4-6-14-7-12/h4-7,9H,8H2,1-3H3,(H,16,19)/t9-/m0/s1. The van der Waals surface area contributed by atoms with Gasteiger partial charge in [-0.15, -0.1) is 0 Å². The number of aryl methyl sites for hydroxylation is 2. The molecular formula is C13H17N5O. The number of anilines is 1. The third kappa shape index (κ3) is 3.37. The summed E-state index contributed by atoms with van der Waals surface area (Å²) in [6.07, 6.45) is 3.29. The zero-order valence-electron chi connectivity index (χ0n) is 11.3. The van der Waals surface area contributed by atoms with E-state index in [0.717, 1.165) is 11.6 Å². The number of carbonyl (C=O) groups is 1. The predicted octanol–water partition coefficient (Wildman–Crippen LogP) is 1.56. The smallest absolute Gasteiger partial charge is 0.229 e. The van der Waals surface area contributed by atoms with Gasteiger partial charge in [0, 0.05) is 6.20 Å². The number of amides is 1. The van der Waals surface area contributed by atoms with Gasteiger partial charge in [-0.05, 0) is 26.0 Å². The number of rotatable bonds is 4. The van der Waals surface area contributed by atoms with Crippen molar-refractivity contribution in [3.05, 3.63) is 36.2 Å². The lowest BCUT2D eigenvalue weighted by atomic mass is 10.1. The van der Waals surface area contributed by atoms with Crippen LogP contribution in [0.3, 0.4) is 0 Å². The van der Waals surface area contributed by atoms with Crippen molar-refractivity contribution in [2.24, 2.45) is 5.92 Å². The minimum Gasteiger partial charge on any atom is -0.324 e. The first kappa shape index (κ1) is 13.2. The van der Waals surface area contributed by atoms with E-state index >= 15 is 0 Å². The van der Waals surface area contributed by atoms with Gasteiger partial charge in [0.15, 0.2) is 0 Å². The van der Waals surface area contributed by atoms with E-state index in [1.165, 1.54) is 0 Å². The molecule has 1 N–H and O–H groups in total. The predicted molar refractivity (Wildman–Crippen MR) is 71.5 cm³/mol. The van der Waals surface area contributed by atoms with Crippen molar-refractivity contribution in [2.45, 2.75) is 27.3 Å². The van der Waals surface area contributed by atoms with Crippen LogP contribution in [0.1, 0.15) is 18.6 Å². The normalized spacial score (nSPS) is 12.2.